The lowest BCUT2D eigenvalue weighted by Gasteiger charge is -2.25. The Hall–Kier alpha value is -1.91. The zero-order valence-electron chi connectivity index (χ0n) is 13.0. The molecule has 0 radical (unpaired) electrons. The van der Waals surface area contributed by atoms with Crippen molar-refractivity contribution in [3.63, 3.8) is 0 Å². The Labute approximate surface area is 125 Å². The van der Waals surface area contributed by atoms with Crippen molar-refractivity contribution in [1.82, 2.24) is 5.32 Å². The summed E-state index contributed by atoms with van der Waals surface area (Å²) in [4.78, 5) is 25.4. The number of ketones is 1. The molecule has 1 atom stereocenters. The second-order valence-electron chi connectivity index (χ2n) is 5.39. The third kappa shape index (κ3) is 5.17. The number of carbonyl (C=O) groups excluding carboxylic acids is 2. The lowest BCUT2D eigenvalue weighted by atomic mass is 10.0. The van der Waals surface area contributed by atoms with Gasteiger partial charge in [0.25, 0.3) is 0 Å². The Bertz CT molecular complexity index is 503. The summed E-state index contributed by atoms with van der Waals surface area (Å²) in [6, 6.07) is 5.63. The summed E-state index contributed by atoms with van der Waals surface area (Å²) in [6.45, 7) is 7.80. The molecule has 0 fully saturated rings. The van der Waals surface area contributed by atoms with Gasteiger partial charge in [-0.25, -0.2) is 4.39 Å². The summed E-state index contributed by atoms with van der Waals surface area (Å²) in [5, 5.41) is 2.74. The number of nitrogens with one attached hydrogen (secondary N) is 1. The molecular weight excluding hydrogens is 271 g/mol. The van der Waals surface area contributed by atoms with Crippen molar-refractivity contribution in [3.05, 3.63) is 30.1 Å². The molecule has 1 amide bonds. The summed E-state index contributed by atoms with van der Waals surface area (Å²) in [5.41, 5.74) is 0.650. The molecular formula is C16H23FN2O2. The SMILES string of the molecule is CCN(CC(=O)NC(C(C)=O)C(C)C)c1cccc(F)c1. The van der Waals surface area contributed by atoms with Gasteiger partial charge >= 0.3 is 0 Å². The molecule has 0 saturated carbocycles. The Morgan fingerprint density at radius 3 is 2.48 bits per heavy atom. The molecule has 21 heavy (non-hydrogen) atoms. The van der Waals surface area contributed by atoms with Crippen molar-refractivity contribution in [3.8, 4) is 0 Å². The molecule has 0 spiro atoms. The van der Waals surface area contributed by atoms with E-state index in [2.05, 4.69) is 5.32 Å². The Morgan fingerprint density at radius 1 is 1.33 bits per heavy atom. The molecule has 1 unspecified atom stereocenters. The molecule has 4 nitrogen and oxygen atoms in total. The van der Waals surface area contributed by atoms with Crippen LogP contribution in [0.2, 0.25) is 0 Å². The summed E-state index contributed by atoms with van der Waals surface area (Å²) in [7, 11) is 0. The maximum absolute atomic E-state index is 13.3. The molecule has 0 bridgehead atoms. The lowest BCUT2D eigenvalue weighted by molar-refractivity contribution is -0.127. The fourth-order valence-electron chi connectivity index (χ4n) is 2.19. The molecule has 1 N–H and O–H groups in total. The summed E-state index contributed by atoms with van der Waals surface area (Å²) in [5.74, 6) is -0.604. The normalized spacial score (nSPS) is 12.1. The first-order valence-corrected chi connectivity index (χ1v) is 7.15. The highest BCUT2D eigenvalue weighted by Crippen LogP contribution is 2.15. The number of amides is 1. The van der Waals surface area contributed by atoms with Gasteiger partial charge in [0.05, 0.1) is 12.6 Å². The van der Waals surface area contributed by atoms with Gasteiger partial charge in [-0.2, -0.15) is 0 Å². The van der Waals surface area contributed by atoms with Crippen LogP contribution in [-0.2, 0) is 9.59 Å². The predicted octanol–water partition coefficient (Wildman–Crippen LogP) is 2.38. The summed E-state index contributed by atoms with van der Waals surface area (Å²) in [6.07, 6.45) is 0. The van der Waals surface area contributed by atoms with Gasteiger partial charge < -0.3 is 10.2 Å². The first-order chi connectivity index (χ1) is 9.85. The minimum absolute atomic E-state index is 0.0377. The number of nitrogens with zero attached hydrogens (tertiary/aromatic N) is 1. The van der Waals surface area contributed by atoms with E-state index in [-0.39, 0.29) is 30.0 Å². The van der Waals surface area contributed by atoms with Gasteiger partial charge in [-0.3, -0.25) is 9.59 Å². The number of halogens is 1. The Kier molecular flexibility index (Phi) is 6.34. The molecule has 0 heterocycles. The van der Waals surface area contributed by atoms with Crippen molar-refractivity contribution < 1.29 is 14.0 Å². The van der Waals surface area contributed by atoms with E-state index in [0.717, 1.165) is 0 Å². The Morgan fingerprint density at radius 2 is 2.00 bits per heavy atom. The van der Waals surface area contributed by atoms with Crippen LogP contribution in [0.15, 0.2) is 24.3 Å². The van der Waals surface area contributed by atoms with Crippen molar-refractivity contribution in [2.75, 3.05) is 18.0 Å². The average Bonchev–Trinajstić information content (AvgIpc) is 2.41. The summed E-state index contributed by atoms with van der Waals surface area (Å²) >= 11 is 0. The Balaban J connectivity index is 2.73. The van der Waals surface area contributed by atoms with Gasteiger partial charge in [-0.1, -0.05) is 19.9 Å². The molecule has 0 aliphatic carbocycles. The molecule has 0 aliphatic heterocycles. The maximum atomic E-state index is 13.3. The standard InChI is InChI=1S/C16H23FN2O2/c1-5-19(14-8-6-7-13(17)9-14)10-15(21)18-16(11(2)3)12(4)20/h6-9,11,16H,5,10H2,1-4H3,(H,18,21). The molecule has 1 aromatic rings. The van der Waals surface area contributed by atoms with E-state index < -0.39 is 6.04 Å². The average molecular weight is 294 g/mol. The lowest BCUT2D eigenvalue weighted by Crippen LogP contribution is -2.47. The molecule has 0 aliphatic rings. The third-order valence-electron chi connectivity index (χ3n) is 3.31. The number of hydrogen-bond acceptors (Lipinski definition) is 3. The molecule has 0 saturated heterocycles. The fourth-order valence-corrected chi connectivity index (χ4v) is 2.19. The molecule has 1 aromatic carbocycles. The van der Waals surface area contributed by atoms with Gasteiger partial charge in [-0.15, -0.1) is 0 Å². The van der Waals surface area contributed by atoms with E-state index in [1.807, 2.05) is 20.8 Å². The van der Waals surface area contributed by atoms with E-state index in [4.69, 9.17) is 0 Å². The minimum atomic E-state index is -0.483. The van der Waals surface area contributed by atoms with E-state index in [0.29, 0.717) is 12.2 Å². The van der Waals surface area contributed by atoms with Gasteiger partial charge in [0.15, 0.2) is 5.78 Å². The first-order valence-electron chi connectivity index (χ1n) is 7.15. The van der Waals surface area contributed by atoms with Gasteiger partial charge in [0, 0.05) is 12.2 Å². The van der Waals surface area contributed by atoms with Crippen molar-refractivity contribution in [2.45, 2.75) is 33.7 Å². The molecule has 5 heteroatoms. The predicted molar refractivity (Wildman–Crippen MR) is 81.7 cm³/mol. The first kappa shape index (κ1) is 17.1. The van der Waals surface area contributed by atoms with Crippen LogP contribution >= 0.6 is 0 Å². The van der Waals surface area contributed by atoms with Crippen LogP contribution in [0.4, 0.5) is 10.1 Å². The van der Waals surface area contributed by atoms with Gasteiger partial charge in [-0.05, 0) is 38.0 Å². The van der Waals surface area contributed by atoms with Gasteiger partial charge in [0.2, 0.25) is 5.91 Å². The highest BCUT2D eigenvalue weighted by atomic mass is 19.1. The summed E-state index contributed by atoms with van der Waals surface area (Å²) < 4.78 is 13.3. The van der Waals surface area contributed by atoms with Crippen LogP contribution in [0, 0.1) is 11.7 Å². The molecule has 116 valence electrons. The number of rotatable bonds is 7. The van der Waals surface area contributed by atoms with Crippen LogP contribution < -0.4 is 10.2 Å². The van der Waals surface area contributed by atoms with Crippen LogP contribution in [-0.4, -0.2) is 30.8 Å². The number of hydrogen-bond donors (Lipinski definition) is 1. The largest absolute Gasteiger partial charge is 0.362 e. The van der Waals surface area contributed by atoms with Crippen LogP contribution in [0.1, 0.15) is 27.7 Å². The van der Waals surface area contributed by atoms with Gasteiger partial charge in [0.1, 0.15) is 5.82 Å². The van der Waals surface area contributed by atoms with Crippen LogP contribution in [0.5, 0.6) is 0 Å². The van der Waals surface area contributed by atoms with Crippen molar-refractivity contribution in [2.24, 2.45) is 5.92 Å². The topological polar surface area (TPSA) is 49.4 Å². The van der Waals surface area contributed by atoms with E-state index in [1.54, 1.807) is 17.0 Å². The smallest absolute Gasteiger partial charge is 0.240 e. The fraction of sp³-hybridized carbons (Fsp3) is 0.500. The van der Waals surface area contributed by atoms with E-state index >= 15 is 0 Å². The highest BCUT2D eigenvalue weighted by Gasteiger charge is 2.21. The quantitative estimate of drug-likeness (QED) is 0.840. The van der Waals surface area contributed by atoms with Crippen molar-refractivity contribution in [1.29, 1.82) is 0 Å². The monoisotopic (exact) mass is 294 g/mol. The second kappa shape index (κ2) is 7.76. The number of anilines is 1. The number of benzene rings is 1. The number of carbonyl (C=O) groups is 2. The van der Waals surface area contributed by atoms with E-state index in [1.165, 1.54) is 19.1 Å². The zero-order chi connectivity index (χ0) is 16.0. The van der Waals surface area contributed by atoms with E-state index in [9.17, 15) is 14.0 Å². The van der Waals surface area contributed by atoms with Crippen LogP contribution in [0.3, 0.4) is 0 Å². The molecule has 1 rings (SSSR count). The number of Topliss-reactive ketones (excluding diaryl/α,β-unsaturated/α-hetero) is 1. The minimum Gasteiger partial charge on any atom is -0.362 e. The zero-order valence-corrected chi connectivity index (χ0v) is 13.0. The van der Waals surface area contributed by atoms with Crippen molar-refractivity contribution >= 4 is 17.4 Å². The second-order valence-corrected chi connectivity index (χ2v) is 5.39. The highest BCUT2D eigenvalue weighted by molar-refractivity contribution is 5.89. The third-order valence-corrected chi connectivity index (χ3v) is 3.31. The number of likely N-dealkylation sites (N-methyl/N-ethyl adjacent to an activating group) is 1. The maximum Gasteiger partial charge on any atom is 0.240 e. The van der Waals surface area contributed by atoms with Crippen LogP contribution in [0.25, 0.3) is 0 Å². The molecule has 0 aromatic heterocycles.